The van der Waals surface area contributed by atoms with E-state index in [4.69, 9.17) is 0 Å². The molecule has 5 heteroatoms. The number of aliphatic carboxylic acids is 1. The van der Waals surface area contributed by atoms with Gasteiger partial charge in [-0.25, -0.2) is 4.39 Å². The molecule has 1 atom stereocenters. The van der Waals surface area contributed by atoms with Gasteiger partial charge in [-0.05, 0) is 30.5 Å². The first-order valence-corrected chi connectivity index (χ1v) is 7.31. The fourth-order valence-electron chi connectivity index (χ4n) is 2.53. The standard InChI is InChI=1S/C14H17BrFNO2/c15-12-8-9(16)6-7-11(12)13(14(18)19)17-10-4-2-1-3-5-10/h6-8,10,13,17H,1-5H2,(H,18,19). The number of rotatable bonds is 4. The molecule has 2 N–H and O–H groups in total. The molecule has 1 aromatic rings. The van der Waals surface area contributed by atoms with Crippen LogP contribution in [-0.4, -0.2) is 17.1 Å². The van der Waals surface area contributed by atoms with Gasteiger partial charge in [0.05, 0.1) is 0 Å². The summed E-state index contributed by atoms with van der Waals surface area (Å²) in [4.78, 5) is 11.4. The molecular weight excluding hydrogens is 313 g/mol. The summed E-state index contributed by atoms with van der Waals surface area (Å²) in [6, 6.07) is 3.55. The highest BCUT2D eigenvalue weighted by Gasteiger charge is 2.26. The summed E-state index contributed by atoms with van der Waals surface area (Å²) < 4.78 is 13.6. The van der Waals surface area contributed by atoms with Crippen molar-refractivity contribution in [2.75, 3.05) is 0 Å². The summed E-state index contributed by atoms with van der Waals surface area (Å²) in [5.74, 6) is -1.31. The van der Waals surface area contributed by atoms with Gasteiger partial charge in [0.2, 0.25) is 0 Å². The van der Waals surface area contributed by atoms with E-state index in [9.17, 15) is 14.3 Å². The third-order valence-corrected chi connectivity index (χ3v) is 4.21. The average molecular weight is 330 g/mol. The van der Waals surface area contributed by atoms with E-state index in [0.29, 0.717) is 10.0 Å². The highest BCUT2D eigenvalue weighted by atomic mass is 79.9. The van der Waals surface area contributed by atoms with Gasteiger partial charge in [-0.15, -0.1) is 0 Å². The van der Waals surface area contributed by atoms with Crippen LogP contribution in [0.2, 0.25) is 0 Å². The second-order valence-electron chi connectivity index (χ2n) is 4.94. The first-order chi connectivity index (χ1) is 9.08. The van der Waals surface area contributed by atoms with E-state index in [1.54, 1.807) is 0 Å². The van der Waals surface area contributed by atoms with Crippen LogP contribution in [0.4, 0.5) is 4.39 Å². The first kappa shape index (κ1) is 14.5. The third kappa shape index (κ3) is 3.76. The topological polar surface area (TPSA) is 49.3 Å². The fraction of sp³-hybridized carbons (Fsp3) is 0.500. The average Bonchev–Trinajstić information content (AvgIpc) is 2.38. The summed E-state index contributed by atoms with van der Waals surface area (Å²) in [5, 5.41) is 12.6. The summed E-state index contributed by atoms with van der Waals surface area (Å²) in [6.07, 6.45) is 5.49. The van der Waals surface area contributed by atoms with Gasteiger partial charge in [-0.2, -0.15) is 0 Å². The Morgan fingerprint density at radius 3 is 2.63 bits per heavy atom. The molecule has 0 spiro atoms. The number of nitrogens with one attached hydrogen (secondary N) is 1. The summed E-state index contributed by atoms with van der Waals surface area (Å²) in [5.41, 5.74) is 0.569. The quantitative estimate of drug-likeness (QED) is 0.886. The van der Waals surface area contributed by atoms with Crippen molar-refractivity contribution in [2.45, 2.75) is 44.2 Å². The number of hydrogen-bond acceptors (Lipinski definition) is 2. The van der Waals surface area contributed by atoms with Crippen molar-refractivity contribution in [1.82, 2.24) is 5.32 Å². The van der Waals surface area contributed by atoms with Crippen LogP contribution >= 0.6 is 15.9 Å². The Hall–Kier alpha value is -0.940. The Bertz CT molecular complexity index is 461. The zero-order chi connectivity index (χ0) is 13.8. The molecule has 0 aromatic heterocycles. The van der Waals surface area contributed by atoms with Crippen LogP contribution in [-0.2, 0) is 4.79 Å². The Kier molecular flexibility index (Phi) is 4.93. The lowest BCUT2D eigenvalue weighted by molar-refractivity contribution is -0.140. The lowest BCUT2D eigenvalue weighted by atomic mass is 9.94. The minimum Gasteiger partial charge on any atom is -0.480 e. The monoisotopic (exact) mass is 329 g/mol. The number of carbonyl (C=O) groups is 1. The normalized spacial score (nSPS) is 18.2. The van der Waals surface area contributed by atoms with Gasteiger partial charge < -0.3 is 5.11 Å². The molecule has 1 aliphatic rings. The minimum absolute atomic E-state index is 0.229. The molecule has 3 nitrogen and oxygen atoms in total. The van der Waals surface area contributed by atoms with Gasteiger partial charge in [-0.3, -0.25) is 10.1 Å². The first-order valence-electron chi connectivity index (χ1n) is 6.51. The highest BCUT2D eigenvalue weighted by Crippen LogP contribution is 2.27. The van der Waals surface area contributed by atoms with Gasteiger partial charge in [0.25, 0.3) is 0 Å². The Morgan fingerprint density at radius 2 is 2.05 bits per heavy atom. The van der Waals surface area contributed by atoms with E-state index >= 15 is 0 Å². The van der Waals surface area contributed by atoms with Gasteiger partial charge in [0, 0.05) is 10.5 Å². The van der Waals surface area contributed by atoms with Gasteiger partial charge in [0.1, 0.15) is 11.9 Å². The van der Waals surface area contributed by atoms with Crippen molar-refractivity contribution in [1.29, 1.82) is 0 Å². The Labute approximate surface area is 120 Å². The van der Waals surface area contributed by atoms with E-state index in [1.165, 1.54) is 24.6 Å². The van der Waals surface area contributed by atoms with E-state index < -0.39 is 12.0 Å². The van der Waals surface area contributed by atoms with Crippen molar-refractivity contribution in [3.63, 3.8) is 0 Å². The number of halogens is 2. The van der Waals surface area contributed by atoms with Crippen molar-refractivity contribution in [3.8, 4) is 0 Å². The van der Waals surface area contributed by atoms with E-state index in [1.807, 2.05) is 0 Å². The molecule has 0 radical (unpaired) electrons. The number of benzene rings is 1. The van der Waals surface area contributed by atoms with Crippen LogP contribution in [0.25, 0.3) is 0 Å². The van der Waals surface area contributed by atoms with Crippen molar-refractivity contribution in [3.05, 3.63) is 34.1 Å². The predicted molar refractivity (Wildman–Crippen MR) is 74.5 cm³/mol. The van der Waals surface area contributed by atoms with Crippen LogP contribution in [0, 0.1) is 5.82 Å². The molecule has 1 fully saturated rings. The molecular formula is C14H17BrFNO2. The van der Waals surface area contributed by atoms with Gasteiger partial charge >= 0.3 is 5.97 Å². The summed E-state index contributed by atoms with van der Waals surface area (Å²) >= 11 is 3.24. The SMILES string of the molecule is O=C(O)C(NC1CCCCC1)c1ccc(F)cc1Br. The molecule has 0 amide bonds. The molecule has 19 heavy (non-hydrogen) atoms. The lowest BCUT2D eigenvalue weighted by Gasteiger charge is -2.27. The third-order valence-electron chi connectivity index (χ3n) is 3.53. The maximum atomic E-state index is 13.1. The molecule has 1 aromatic carbocycles. The predicted octanol–water partition coefficient (Wildman–Crippen LogP) is 3.64. The molecule has 0 heterocycles. The second kappa shape index (κ2) is 6.48. The highest BCUT2D eigenvalue weighted by molar-refractivity contribution is 9.10. The van der Waals surface area contributed by atoms with Crippen LogP contribution in [0.1, 0.15) is 43.7 Å². The number of carboxylic acids is 1. The van der Waals surface area contributed by atoms with E-state index in [0.717, 1.165) is 25.7 Å². The van der Waals surface area contributed by atoms with Gasteiger partial charge in [-0.1, -0.05) is 41.3 Å². The second-order valence-corrected chi connectivity index (χ2v) is 5.79. The largest absolute Gasteiger partial charge is 0.480 e. The maximum Gasteiger partial charge on any atom is 0.325 e. The number of hydrogen-bond donors (Lipinski definition) is 2. The summed E-state index contributed by atoms with van der Waals surface area (Å²) in [7, 11) is 0. The van der Waals surface area contributed by atoms with E-state index in [2.05, 4.69) is 21.2 Å². The molecule has 0 aliphatic heterocycles. The molecule has 0 saturated heterocycles. The smallest absolute Gasteiger partial charge is 0.325 e. The maximum absolute atomic E-state index is 13.1. The fourth-order valence-corrected chi connectivity index (χ4v) is 3.11. The molecule has 1 unspecified atom stereocenters. The van der Waals surface area contributed by atoms with Crippen LogP contribution in [0.5, 0.6) is 0 Å². The molecule has 1 saturated carbocycles. The van der Waals surface area contributed by atoms with Crippen molar-refractivity contribution < 1.29 is 14.3 Å². The summed E-state index contributed by atoms with van der Waals surface area (Å²) in [6.45, 7) is 0. The lowest BCUT2D eigenvalue weighted by Crippen LogP contribution is -2.38. The molecule has 0 bridgehead atoms. The van der Waals surface area contributed by atoms with Crippen LogP contribution in [0.15, 0.2) is 22.7 Å². The Balaban J connectivity index is 2.17. The van der Waals surface area contributed by atoms with E-state index in [-0.39, 0.29) is 11.9 Å². The van der Waals surface area contributed by atoms with Crippen molar-refractivity contribution >= 4 is 21.9 Å². The Morgan fingerprint density at radius 1 is 1.37 bits per heavy atom. The molecule has 104 valence electrons. The zero-order valence-corrected chi connectivity index (χ0v) is 12.1. The van der Waals surface area contributed by atoms with Gasteiger partial charge in [0.15, 0.2) is 0 Å². The van der Waals surface area contributed by atoms with Crippen molar-refractivity contribution in [2.24, 2.45) is 0 Å². The molecule has 2 rings (SSSR count). The number of carboxylic acid groups (broad SMARTS) is 1. The minimum atomic E-state index is -0.933. The van der Waals surface area contributed by atoms with Crippen LogP contribution < -0.4 is 5.32 Å². The zero-order valence-electron chi connectivity index (χ0n) is 10.5. The van der Waals surface area contributed by atoms with Crippen LogP contribution in [0.3, 0.4) is 0 Å². The molecule has 1 aliphatic carbocycles.